The number of ether oxygens (including phenoxy) is 2. The summed E-state index contributed by atoms with van der Waals surface area (Å²) in [5.41, 5.74) is 2.96. The molecule has 0 heterocycles. The lowest BCUT2D eigenvalue weighted by atomic mass is 9.48. The smallest absolute Gasteiger partial charge is 0.303 e. The average molecular weight is 415 g/mol. The molecule has 2 fully saturated rings. The van der Waals surface area contributed by atoms with Crippen LogP contribution >= 0.6 is 0 Å². The van der Waals surface area contributed by atoms with Gasteiger partial charge in [-0.3, -0.25) is 14.4 Å². The minimum atomic E-state index is -0.398. The Balaban J connectivity index is 1.53. The van der Waals surface area contributed by atoms with Gasteiger partial charge in [-0.15, -0.1) is 0 Å². The van der Waals surface area contributed by atoms with Crippen LogP contribution in [0, 0.1) is 28.6 Å². The second-order valence-corrected chi connectivity index (χ2v) is 10.2. The van der Waals surface area contributed by atoms with Crippen molar-refractivity contribution < 1.29 is 23.9 Å². The van der Waals surface area contributed by atoms with Gasteiger partial charge in [-0.25, -0.2) is 0 Å². The van der Waals surface area contributed by atoms with E-state index < -0.39 is 5.97 Å². The first-order valence-corrected chi connectivity index (χ1v) is 11.4. The molecule has 0 N–H and O–H groups in total. The number of hydrogen-bond donors (Lipinski definition) is 0. The Morgan fingerprint density at radius 3 is 2.43 bits per heavy atom. The van der Waals surface area contributed by atoms with Crippen molar-refractivity contribution in [3.05, 3.63) is 23.3 Å². The lowest BCUT2D eigenvalue weighted by Gasteiger charge is -2.56. The Bertz CT molecular complexity index is 823. The highest BCUT2D eigenvalue weighted by atomic mass is 16.5. The minimum absolute atomic E-state index is 0.0150. The van der Waals surface area contributed by atoms with Crippen LogP contribution in [0.3, 0.4) is 0 Å². The van der Waals surface area contributed by atoms with Crippen LogP contribution in [-0.4, -0.2) is 30.4 Å². The Morgan fingerprint density at radius 2 is 1.73 bits per heavy atom. The van der Waals surface area contributed by atoms with Gasteiger partial charge in [-0.05, 0) is 61.2 Å². The van der Waals surface area contributed by atoms with Crippen LogP contribution in [0.2, 0.25) is 0 Å². The molecule has 0 aromatic heterocycles. The molecule has 0 spiro atoms. The van der Waals surface area contributed by atoms with E-state index in [1.807, 2.05) is 0 Å². The van der Waals surface area contributed by atoms with E-state index >= 15 is 0 Å². The third-order valence-electron chi connectivity index (χ3n) is 8.60. The molecule has 4 aliphatic rings. The van der Waals surface area contributed by atoms with E-state index in [1.165, 1.54) is 25.0 Å². The van der Waals surface area contributed by atoms with Gasteiger partial charge >= 0.3 is 11.9 Å². The number of ketones is 1. The van der Waals surface area contributed by atoms with Crippen LogP contribution < -0.4 is 0 Å². The second-order valence-electron chi connectivity index (χ2n) is 10.2. The van der Waals surface area contributed by atoms with Gasteiger partial charge in [0.05, 0.1) is 0 Å². The highest BCUT2D eigenvalue weighted by Gasteiger charge is 2.56. The topological polar surface area (TPSA) is 69.7 Å². The fourth-order valence-corrected chi connectivity index (χ4v) is 7.07. The van der Waals surface area contributed by atoms with Crippen molar-refractivity contribution >= 4 is 17.7 Å². The number of allylic oxidation sites excluding steroid dienone is 3. The van der Waals surface area contributed by atoms with Crippen LogP contribution in [0.1, 0.15) is 72.6 Å². The number of carbonyl (C=O) groups is 3. The molecule has 30 heavy (non-hydrogen) atoms. The first-order valence-electron chi connectivity index (χ1n) is 11.4. The van der Waals surface area contributed by atoms with E-state index in [0.717, 1.165) is 44.9 Å². The first kappa shape index (κ1) is 21.3. The standard InChI is InChI=1S/C25H34O5/c1-15(26)29-14-23(28)22-8-7-20-19-6-5-17-13-18(30-16(2)27)9-11-24(17,3)21(19)10-12-25(20,22)4/h5,7,18-19,21-22H,6,8-14H2,1-4H3/t18-,19-,21-,22+,24-,25-/m0/s1. The van der Waals surface area contributed by atoms with Crippen LogP contribution in [0.25, 0.3) is 0 Å². The predicted octanol–water partition coefficient (Wildman–Crippen LogP) is 4.55. The highest BCUT2D eigenvalue weighted by Crippen LogP contribution is 2.64. The van der Waals surface area contributed by atoms with Crippen molar-refractivity contribution in [1.82, 2.24) is 0 Å². The van der Waals surface area contributed by atoms with Gasteiger partial charge in [0.25, 0.3) is 0 Å². The van der Waals surface area contributed by atoms with Gasteiger partial charge in [0, 0.05) is 26.2 Å². The maximum absolute atomic E-state index is 12.8. The summed E-state index contributed by atoms with van der Waals surface area (Å²) < 4.78 is 10.5. The summed E-state index contributed by atoms with van der Waals surface area (Å²) in [5.74, 6) is 0.451. The number of esters is 2. The Labute approximate surface area is 179 Å². The van der Waals surface area contributed by atoms with Gasteiger partial charge in [0.1, 0.15) is 12.7 Å². The third kappa shape index (κ3) is 3.44. The molecule has 0 unspecified atom stereocenters. The third-order valence-corrected chi connectivity index (χ3v) is 8.60. The van der Waals surface area contributed by atoms with E-state index in [4.69, 9.17) is 9.47 Å². The molecule has 2 saturated carbocycles. The minimum Gasteiger partial charge on any atom is -0.462 e. The molecule has 0 amide bonds. The Kier molecular flexibility index (Phi) is 5.44. The maximum Gasteiger partial charge on any atom is 0.303 e. The second kappa shape index (κ2) is 7.65. The molecule has 0 aromatic carbocycles. The molecule has 0 radical (unpaired) electrons. The quantitative estimate of drug-likeness (QED) is 0.499. The highest BCUT2D eigenvalue weighted by molar-refractivity contribution is 5.86. The van der Waals surface area contributed by atoms with Gasteiger partial charge in [-0.1, -0.05) is 37.1 Å². The van der Waals surface area contributed by atoms with Crippen molar-refractivity contribution in [3.63, 3.8) is 0 Å². The van der Waals surface area contributed by atoms with Gasteiger partial charge < -0.3 is 9.47 Å². The predicted molar refractivity (Wildman–Crippen MR) is 112 cm³/mol. The molecule has 0 aliphatic heterocycles. The summed E-state index contributed by atoms with van der Waals surface area (Å²) in [5, 5.41) is 0. The number of rotatable bonds is 4. The number of fused-ring (bicyclic) bond motifs is 5. The van der Waals surface area contributed by atoms with E-state index in [0.29, 0.717) is 11.8 Å². The Morgan fingerprint density at radius 1 is 1.00 bits per heavy atom. The Hall–Kier alpha value is -1.91. The average Bonchev–Trinajstić information content (AvgIpc) is 3.03. The van der Waals surface area contributed by atoms with E-state index in [-0.39, 0.29) is 41.2 Å². The molecule has 5 heteroatoms. The summed E-state index contributed by atoms with van der Waals surface area (Å²) >= 11 is 0. The summed E-state index contributed by atoms with van der Waals surface area (Å²) in [6.45, 7) is 7.39. The number of hydrogen-bond acceptors (Lipinski definition) is 5. The molecule has 6 atom stereocenters. The fraction of sp³-hybridized carbons (Fsp3) is 0.720. The van der Waals surface area contributed by atoms with Gasteiger partial charge in [0.15, 0.2) is 5.78 Å². The lowest BCUT2D eigenvalue weighted by molar-refractivity contribution is -0.148. The van der Waals surface area contributed by atoms with Crippen LogP contribution in [0.5, 0.6) is 0 Å². The summed E-state index contributed by atoms with van der Waals surface area (Å²) in [6, 6.07) is 0. The van der Waals surface area contributed by atoms with Crippen LogP contribution in [-0.2, 0) is 23.9 Å². The van der Waals surface area contributed by atoms with Crippen molar-refractivity contribution in [2.24, 2.45) is 28.6 Å². The van der Waals surface area contributed by atoms with Crippen LogP contribution in [0.15, 0.2) is 23.3 Å². The largest absolute Gasteiger partial charge is 0.462 e. The lowest BCUT2D eigenvalue weighted by Crippen LogP contribution is -2.49. The van der Waals surface area contributed by atoms with Gasteiger partial charge in [0.2, 0.25) is 0 Å². The number of carbonyl (C=O) groups excluding carboxylic acids is 3. The monoisotopic (exact) mass is 414 g/mol. The van der Waals surface area contributed by atoms with Crippen molar-refractivity contribution in [1.29, 1.82) is 0 Å². The molecule has 164 valence electrons. The molecule has 4 rings (SSSR count). The molecule has 0 saturated heterocycles. The van der Waals surface area contributed by atoms with Crippen molar-refractivity contribution in [2.75, 3.05) is 6.61 Å². The maximum atomic E-state index is 12.8. The van der Waals surface area contributed by atoms with E-state index in [9.17, 15) is 14.4 Å². The van der Waals surface area contributed by atoms with E-state index in [2.05, 4.69) is 26.0 Å². The molecule has 0 aromatic rings. The van der Waals surface area contributed by atoms with Crippen LogP contribution in [0.4, 0.5) is 0 Å². The number of Topliss-reactive ketones (excluding diaryl/α,β-unsaturated/α-hetero) is 1. The molecule has 5 nitrogen and oxygen atoms in total. The van der Waals surface area contributed by atoms with Crippen molar-refractivity contribution in [2.45, 2.75) is 78.7 Å². The van der Waals surface area contributed by atoms with E-state index in [1.54, 1.807) is 0 Å². The zero-order valence-corrected chi connectivity index (χ0v) is 18.7. The fourth-order valence-electron chi connectivity index (χ4n) is 7.07. The normalized spacial score (nSPS) is 39.6. The SMILES string of the molecule is CC(=O)OCC(=O)[C@H]1CC=C2[C@@H]3CC=C4C[C@@H](OC(C)=O)CC[C@]4(C)[C@H]3CC[C@@]21C. The zero-order chi connectivity index (χ0) is 21.7. The molecule has 0 bridgehead atoms. The molecular weight excluding hydrogens is 380 g/mol. The van der Waals surface area contributed by atoms with Crippen molar-refractivity contribution in [3.8, 4) is 0 Å². The summed E-state index contributed by atoms with van der Waals surface area (Å²) in [6.07, 6.45) is 11.5. The molecule has 4 aliphatic carbocycles. The first-order chi connectivity index (χ1) is 14.1. The zero-order valence-electron chi connectivity index (χ0n) is 18.7. The summed E-state index contributed by atoms with van der Waals surface area (Å²) in [4.78, 5) is 35.4. The van der Waals surface area contributed by atoms with Gasteiger partial charge in [-0.2, -0.15) is 0 Å². The summed E-state index contributed by atoms with van der Waals surface area (Å²) in [7, 11) is 0. The molecular formula is C25H34O5.